The van der Waals surface area contributed by atoms with Crippen LogP contribution in [0.1, 0.15) is 10.4 Å². The molecule has 0 atom stereocenters. The van der Waals surface area contributed by atoms with Gasteiger partial charge in [0.1, 0.15) is 5.75 Å². The fraction of sp³-hybridized carbons (Fsp3) is 0.118. The van der Waals surface area contributed by atoms with Crippen LogP contribution in [0.5, 0.6) is 5.75 Å². The van der Waals surface area contributed by atoms with E-state index < -0.39 is 11.8 Å². The molecule has 2 amide bonds. The third-order valence-electron chi connectivity index (χ3n) is 3.04. The number of carbonyl (C=O) groups excluding carboxylic acids is 2. The van der Waals surface area contributed by atoms with Crippen molar-refractivity contribution in [2.75, 3.05) is 6.61 Å². The number of thiocarbonyl (C=S) groups is 1. The first kappa shape index (κ1) is 21.5. The topological polar surface area (TPSA) is 79.5 Å². The highest BCUT2D eigenvalue weighted by Gasteiger charge is 2.10. The molecule has 0 spiro atoms. The number of thiophene rings is 1. The fourth-order valence-corrected chi connectivity index (χ4v) is 4.22. The largest absolute Gasteiger partial charge is 0.482 e. The number of amides is 2. The average molecular weight is 533 g/mol. The number of nitrogens with one attached hydrogen (secondary N) is 3. The number of hydrazine groups is 1. The van der Waals surface area contributed by atoms with Crippen LogP contribution in [0.25, 0.3) is 6.08 Å². The molecular weight excluding hydrogens is 518 g/mol. The van der Waals surface area contributed by atoms with Crippen LogP contribution in [0.4, 0.5) is 0 Å². The van der Waals surface area contributed by atoms with E-state index in [4.69, 9.17) is 17.0 Å². The zero-order valence-corrected chi connectivity index (χ0v) is 18.9. The molecule has 0 saturated carbocycles. The molecule has 3 N–H and O–H groups in total. The minimum absolute atomic E-state index is 0.0230. The number of ether oxygens (including phenoxy) is 1. The average Bonchev–Trinajstić information content (AvgIpc) is 3.10. The second kappa shape index (κ2) is 10.5. The standard InChI is InChI=1S/C17H15Br2N3O3S2/c1-10-7-11(18)8-13(19)16(10)25-9-15(24)21-22-17(26)20-14(23)5-4-12-3-2-6-27-12/h2-8H,9H2,1H3,(H,21,24)(H2,20,22,23,26). The maximum atomic E-state index is 11.9. The Morgan fingerprint density at radius 2 is 2.07 bits per heavy atom. The monoisotopic (exact) mass is 531 g/mol. The Labute approximate surface area is 182 Å². The van der Waals surface area contributed by atoms with E-state index in [1.165, 1.54) is 17.4 Å². The van der Waals surface area contributed by atoms with E-state index in [2.05, 4.69) is 48.0 Å². The van der Waals surface area contributed by atoms with Gasteiger partial charge in [0.05, 0.1) is 4.47 Å². The molecule has 0 unspecified atom stereocenters. The fourth-order valence-electron chi connectivity index (χ4n) is 1.90. The highest BCUT2D eigenvalue weighted by Crippen LogP contribution is 2.32. The summed E-state index contributed by atoms with van der Waals surface area (Å²) in [6.07, 6.45) is 3.03. The van der Waals surface area contributed by atoms with Crippen LogP contribution in [-0.2, 0) is 9.59 Å². The summed E-state index contributed by atoms with van der Waals surface area (Å²) in [7, 11) is 0. The zero-order chi connectivity index (χ0) is 19.8. The number of carbonyl (C=O) groups is 2. The number of rotatable bonds is 5. The third-order valence-corrected chi connectivity index (χ3v) is 5.12. The summed E-state index contributed by atoms with van der Waals surface area (Å²) in [4.78, 5) is 24.6. The lowest BCUT2D eigenvalue weighted by Crippen LogP contribution is -2.49. The second-order valence-corrected chi connectivity index (χ2v) is 8.32. The van der Waals surface area contributed by atoms with Crippen LogP contribution in [0, 0.1) is 6.92 Å². The van der Waals surface area contributed by atoms with Crippen molar-refractivity contribution in [1.29, 1.82) is 0 Å². The van der Waals surface area contributed by atoms with E-state index in [-0.39, 0.29) is 11.7 Å². The summed E-state index contributed by atoms with van der Waals surface area (Å²) < 4.78 is 7.15. The van der Waals surface area contributed by atoms with E-state index in [0.717, 1.165) is 19.4 Å². The number of benzene rings is 1. The smallest absolute Gasteiger partial charge is 0.276 e. The van der Waals surface area contributed by atoms with E-state index in [0.29, 0.717) is 5.75 Å². The first-order chi connectivity index (χ1) is 12.8. The summed E-state index contributed by atoms with van der Waals surface area (Å²) in [5.41, 5.74) is 5.68. The first-order valence-corrected chi connectivity index (χ1v) is 10.4. The minimum atomic E-state index is -0.449. The highest BCUT2D eigenvalue weighted by molar-refractivity contribution is 9.11. The van der Waals surface area contributed by atoms with Gasteiger partial charge in [0.25, 0.3) is 5.91 Å². The number of hydrogen-bond donors (Lipinski definition) is 3. The molecule has 2 rings (SSSR count). The Bertz CT molecular complexity index is 847. The summed E-state index contributed by atoms with van der Waals surface area (Å²) in [5, 5.41) is 4.32. The normalized spacial score (nSPS) is 10.5. The van der Waals surface area contributed by atoms with Gasteiger partial charge in [-0.05, 0) is 70.3 Å². The van der Waals surface area contributed by atoms with Crippen LogP contribution in [0.2, 0.25) is 0 Å². The summed E-state index contributed by atoms with van der Waals surface area (Å²) in [6, 6.07) is 7.48. The van der Waals surface area contributed by atoms with Crippen molar-refractivity contribution < 1.29 is 14.3 Å². The molecule has 0 bridgehead atoms. The van der Waals surface area contributed by atoms with Crippen molar-refractivity contribution in [2.24, 2.45) is 0 Å². The Balaban J connectivity index is 1.73. The van der Waals surface area contributed by atoms with Gasteiger partial charge >= 0.3 is 0 Å². The van der Waals surface area contributed by atoms with Crippen LogP contribution >= 0.6 is 55.4 Å². The van der Waals surface area contributed by atoms with Crippen molar-refractivity contribution in [1.82, 2.24) is 16.2 Å². The number of hydrogen-bond acceptors (Lipinski definition) is 5. The quantitative estimate of drug-likeness (QED) is 0.311. The summed E-state index contributed by atoms with van der Waals surface area (Å²) in [5.74, 6) is -0.279. The van der Waals surface area contributed by atoms with Crippen molar-refractivity contribution in [2.45, 2.75) is 6.92 Å². The SMILES string of the molecule is Cc1cc(Br)cc(Br)c1OCC(=O)NNC(=S)NC(=O)C=Cc1cccs1. The predicted molar refractivity (Wildman–Crippen MR) is 117 cm³/mol. The molecule has 0 aliphatic rings. The van der Waals surface area contributed by atoms with Gasteiger partial charge in [-0.25, -0.2) is 0 Å². The molecule has 6 nitrogen and oxygen atoms in total. The molecular formula is C17H15Br2N3O3S2. The Hall–Kier alpha value is -1.75. The van der Waals surface area contributed by atoms with Crippen molar-refractivity contribution in [3.05, 3.63) is 55.1 Å². The van der Waals surface area contributed by atoms with Gasteiger partial charge in [0.2, 0.25) is 5.91 Å². The van der Waals surface area contributed by atoms with Crippen molar-refractivity contribution >= 4 is 78.4 Å². The zero-order valence-electron chi connectivity index (χ0n) is 14.0. The van der Waals surface area contributed by atoms with Crippen LogP contribution in [0.3, 0.4) is 0 Å². The van der Waals surface area contributed by atoms with Gasteiger partial charge in [-0.2, -0.15) is 0 Å². The highest BCUT2D eigenvalue weighted by atomic mass is 79.9. The van der Waals surface area contributed by atoms with Gasteiger partial charge in [-0.15, -0.1) is 11.3 Å². The molecule has 0 aliphatic heterocycles. The Kier molecular flexibility index (Phi) is 8.42. The van der Waals surface area contributed by atoms with E-state index in [1.54, 1.807) is 6.08 Å². The summed E-state index contributed by atoms with van der Waals surface area (Å²) >= 11 is 13.2. The first-order valence-electron chi connectivity index (χ1n) is 7.55. The molecule has 0 saturated heterocycles. The molecule has 1 heterocycles. The van der Waals surface area contributed by atoms with Gasteiger partial charge < -0.3 is 4.74 Å². The molecule has 0 radical (unpaired) electrons. The van der Waals surface area contributed by atoms with E-state index in [9.17, 15) is 9.59 Å². The molecule has 0 aliphatic carbocycles. The lowest BCUT2D eigenvalue weighted by molar-refractivity contribution is -0.123. The number of aryl methyl sites for hydroxylation is 1. The molecule has 10 heteroatoms. The van der Waals surface area contributed by atoms with E-state index in [1.807, 2.05) is 36.6 Å². The van der Waals surface area contributed by atoms with Crippen LogP contribution in [-0.4, -0.2) is 23.5 Å². The second-order valence-electron chi connectivity index (χ2n) is 5.16. The van der Waals surface area contributed by atoms with Crippen molar-refractivity contribution in [3.63, 3.8) is 0 Å². The van der Waals surface area contributed by atoms with E-state index >= 15 is 0 Å². The molecule has 0 fully saturated rings. The number of halogens is 2. The van der Waals surface area contributed by atoms with Crippen LogP contribution < -0.4 is 20.9 Å². The third kappa shape index (κ3) is 7.41. The van der Waals surface area contributed by atoms with Gasteiger partial charge in [-0.3, -0.25) is 25.8 Å². The Morgan fingerprint density at radius 3 is 2.74 bits per heavy atom. The lowest BCUT2D eigenvalue weighted by atomic mass is 10.2. The Morgan fingerprint density at radius 1 is 1.30 bits per heavy atom. The van der Waals surface area contributed by atoms with Crippen molar-refractivity contribution in [3.8, 4) is 5.75 Å². The van der Waals surface area contributed by atoms with Gasteiger partial charge in [0, 0.05) is 15.4 Å². The molecule has 2 aromatic rings. The minimum Gasteiger partial charge on any atom is -0.482 e. The molecule has 27 heavy (non-hydrogen) atoms. The lowest BCUT2D eigenvalue weighted by Gasteiger charge is -2.13. The van der Waals surface area contributed by atoms with Gasteiger partial charge in [-0.1, -0.05) is 22.0 Å². The molecule has 142 valence electrons. The predicted octanol–water partition coefficient (Wildman–Crippen LogP) is 3.70. The molecule has 1 aromatic carbocycles. The maximum absolute atomic E-state index is 11.9. The van der Waals surface area contributed by atoms with Gasteiger partial charge in [0.15, 0.2) is 11.7 Å². The maximum Gasteiger partial charge on any atom is 0.276 e. The summed E-state index contributed by atoms with van der Waals surface area (Å²) in [6.45, 7) is 1.65. The van der Waals surface area contributed by atoms with Crippen LogP contribution in [0.15, 0.2) is 44.7 Å². The molecule has 1 aromatic heterocycles.